The van der Waals surface area contributed by atoms with Gasteiger partial charge in [0.2, 0.25) is 0 Å². The molecule has 0 radical (unpaired) electrons. The molecule has 0 aromatic heterocycles. The van der Waals surface area contributed by atoms with Crippen molar-refractivity contribution in [2.45, 2.75) is 18.9 Å². The second-order valence-electron chi connectivity index (χ2n) is 3.70. The number of rotatable bonds is 3. The highest BCUT2D eigenvalue weighted by atomic mass is 79.9. The highest BCUT2D eigenvalue weighted by Crippen LogP contribution is 2.31. The van der Waals surface area contributed by atoms with Crippen molar-refractivity contribution in [2.24, 2.45) is 5.92 Å². The first-order valence-corrected chi connectivity index (χ1v) is 5.59. The third-order valence-electron chi connectivity index (χ3n) is 2.56. The van der Waals surface area contributed by atoms with Gasteiger partial charge >= 0.3 is 5.97 Å². The van der Waals surface area contributed by atoms with Gasteiger partial charge in [-0.2, -0.15) is 0 Å². The molecule has 15 heavy (non-hydrogen) atoms. The minimum atomic E-state index is -0.717. The smallest absolute Gasteiger partial charge is 0.306 e. The van der Waals surface area contributed by atoms with Crippen molar-refractivity contribution in [2.75, 3.05) is 0 Å². The summed E-state index contributed by atoms with van der Waals surface area (Å²) in [5.41, 5.74) is 0. The summed E-state index contributed by atoms with van der Waals surface area (Å²) in [4.78, 5) is 10.6. The standard InChI is InChI=1S/C11H11BrO3/c12-8-1-3-9(4-2-8)15-10-5-7(6-10)11(13)14/h1-4,7,10H,5-6H2,(H,13,14). The van der Waals surface area contributed by atoms with Crippen LogP contribution in [-0.4, -0.2) is 17.2 Å². The van der Waals surface area contributed by atoms with Gasteiger partial charge < -0.3 is 9.84 Å². The van der Waals surface area contributed by atoms with E-state index in [0.29, 0.717) is 12.8 Å². The predicted molar refractivity (Wildman–Crippen MR) is 58.9 cm³/mol. The second kappa shape index (κ2) is 4.23. The minimum Gasteiger partial charge on any atom is -0.490 e. The number of benzene rings is 1. The number of hydrogen-bond donors (Lipinski definition) is 1. The Kier molecular flexibility index (Phi) is 2.95. The van der Waals surface area contributed by atoms with E-state index < -0.39 is 5.97 Å². The van der Waals surface area contributed by atoms with Crippen LogP contribution in [0.15, 0.2) is 28.7 Å². The number of hydrogen-bond acceptors (Lipinski definition) is 2. The van der Waals surface area contributed by atoms with Crippen LogP contribution in [0, 0.1) is 5.92 Å². The highest BCUT2D eigenvalue weighted by molar-refractivity contribution is 9.10. The Bertz CT molecular complexity index is 355. The molecule has 1 aromatic rings. The molecular formula is C11H11BrO3. The van der Waals surface area contributed by atoms with Crippen LogP contribution in [0.5, 0.6) is 5.75 Å². The SMILES string of the molecule is O=C(O)C1CC(Oc2ccc(Br)cc2)C1. The molecule has 0 unspecified atom stereocenters. The van der Waals surface area contributed by atoms with E-state index in [0.717, 1.165) is 10.2 Å². The van der Waals surface area contributed by atoms with Gasteiger partial charge in [-0.25, -0.2) is 0 Å². The minimum absolute atomic E-state index is 0.0623. The average Bonchev–Trinajstić information content (AvgIpc) is 2.13. The van der Waals surface area contributed by atoms with Crippen LogP contribution in [0.4, 0.5) is 0 Å². The molecule has 80 valence electrons. The Morgan fingerprint density at radius 3 is 2.47 bits per heavy atom. The summed E-state index contributed by atoms with van der Waals surface area (Å²) in [6.45, 7) is 0. The van der Waals surface area contributed by atoms with Gasteiger partial charge in [0.05, 0.1) is 5.92 Å². The molecule has 1 N–H and O–H groups in total. The molecule has 3 nitrogen and oxygen atoms in total. The monoisotopic (exact) mass is 270 g/mol. The molecule has 0 bridgehead atoms. The fourth-order valence-corrected chi connectivity index (χ4v) is 1.83. The summed E-state index contributed by atoms with van der Waals surface area (Å²) in [7, 11) is 0. The fourth-order valence-electron chi connectivity index (χ4n) is 1.57. The average molecular weight is 271 g/mol. The van der Waals surface area contributed by atoms with Crippen LogP contribution in [0.1, 0.15) is 12.8 Å². The molecule has 0 amide bonds. The predicted octanol–water partition coefficient (Wildman–Crippen LogP) is 2.69. The first kappa shape index (κ1) is 10.5. The zero-order chi connectivity index (χ0) is 10.8. The van der Waals surface area contributed by atoms with Crippen LogP contribution in [0.2, 0.25) is 0 Å². The Balaban J connectivity index is 1.85. The molecule has 1 aliphatic rings. The number of carboxylic acids is 1. The van der Waals surface area contributed by atoms with Gasteiger partial charge in [-0.1, -0.05) is 15.9 Å². The number of aliphatic carboxylic acids is 1. The van der Waals surface area contributed by atoms with E-state index in [1.54, 1.807) is 0 Å². The number of carboxylic acid groups (broad SMARTS) is 1. The van der Waals surface area contributed by atoms with Gasteiger partial charge in [0.1, 0.15) is 11.9 Å². The van der Waals surface area contributed by atoms with Crippen molar-refractivity contribution >= 4 is 21.9 Å². The topological polar surface area (TPSA) is 46.5 Å². The lowest BCUT2D eigenvalue weighted by Crippen LogP contribution is -2.38. The zero-order valence-corrected chi connectivity index (χ0v) is 9.61. The van der Waals surface area contributed by atoms with Gasteiger partial charge in [0.25, 0.3) is 0 Å². The molecule has 1 aromatic carbocycles. The molecule has 0 saturated heterocycles. The lowest BCUT2D eigenvalue weighted by atomic mass is 9.82. The van der Waals surface area contributed by atoms with Gasteiger partial charge in [0.15, 0.2) is 0 Å². The van der Waals surface area contributed by atoms with Crippen molar-refractivity contribution in [3.63, 3.8) is 0 Å². The molecule has 1 aliphatic carbocycles. The van der Waals surface area contributed by atoms with E-state index in [4.69, 9.17) is 9.84 Å². The third-order valence-corrected chi connectivity index (χ3v) is 3.09. The molecule has 0 atom stereocenters. The van der Waals surface area contributed by atoms with Crippen molar-refractivity contribution in [1.29, 1.82) is 0 Å². The Morgan fingerprint density at radius 2 is 1.93 bits per heavy atom. The number of carbonyl (C=O) groups is 1. The maximum absolute atomic E-state index is 10.6. The van der Waals surface area contributed by atoms with E-state index >= 15 is 0 Å². The molecule has 1 saturated carbocycles. The first-order valence-electron chi connectivity index (χ1n) is 4.80. The number of ether oxygens (including phenoxy) is 1. The van der Waals surface area contributed by atoms with Gasteiger partial charge in [-0.05, 0) is 37.1 Å². The van der Waals surface area contributed by atoms with Gasteiger partial charge in [0, 0.05) is 4.47 Å². The first-order chi connectivity index (χ1) is 7.15. The van der Waals surface area contributed by atoms with Crippen LogP contribution in [0.25, 0.3) is 0 Å². The lowest BCUT2D eigenvalue weighted by molar-refractivity contribution is -0.147. The van der Waals surface area contributed by atoms with Crippen LogP contribution in [-0.2, 0) is 4.79 Å². The van der Waals surface area contributed by atoms with E-state index in [2.05, 4.69) is 15.9 Å². The summed E-state index contributed by atoms with van der Waals surface area (Å²) in [5.74, 6) is -0.136. The normalized spacial score (nSPS) is 24.3. The summed E-state index contributed by atoms with van der Waals surface area (Å²) in [6.07, 6.45) is 1.30. The van der Waals surface area contributed by atoms with E-state index in [9.17, 15) is 4.79 Å². The van der Waals surface area contributed by atoms with Gasteiger partial charge in [-0.3, -0.25) is 4.79 Å². The zero-order valence-electron chi connectivity index (χ0n) is 8.02. The Morgan fingerprint density at radius 1 is 1.33 bits per heavy atom. The summed E-state index contributed by atoms with van der Waals surface area (Å²) in [6, 6.07) is 7.56. The fraction of sp³-hybridized carbons (Fsp3) is 0.364. The molecule has 0 spiro atoms. The molecule has 4 heteroatoms. The van der Waals surface area contributed by atoms with E-state index in [1.165, 1.54) is 0 Å². The Hall–Kier alpha value is -1.03. The Labute approximate surface area is 96.2 Å². The quantitative estimate of drug-likeness (QED) is 0.919. The third kappa shape index (κ3) is 2.50. The number of halogens is 1. The van der Waals surface area contributed by atoms with Crippen molar-refractivity contribution < 1.29 is 14.6 Å². The second-order valence-corrected chi connectivity index (χ2v) is 4.62. The van der Waals surface area contributed by atoms with Gasteiger partial charge in [-0.15, -0.1) is 0 Å². The molecule has 0 heterocycles. The van der Waals surface area contributed by atoms with Crippen molar-refractivity contribution in [3.8, 4) is 5.75 Å². The highest BCUT2D eigenvalue weighted by Gasteiger charge is 2.35. The largest absolute Gasteiger partial charge is 0.490 e. The van der Waals surface area contributed by atoms with E-state index in [1.807, 2.05) is 24.3 Å². The maximum Gasteiger partial charge on any atom is 0.306 e. The van der Waals surface area contributed by atoms with Crippen molar-refractivity contribution in [3.05, 3.63) is 28.7 Å². The van der Waals surface area contributed by atoms with Crippen LogP contribution >= 0.6 is 15.9 Å². The molecule has 2 rings (SSSR count). The molecule has 0 aliphatic heterocycles. The molecule has 1 fully saturated rings. The van der Waals surface area contributed by atoms with Crippen molar-refractivity contribution in [1.82, 2.24) is 0 Å². The molecular weight excluding hydrogens is 260 g/mol. The summed E-state index contributed by atoms with van der Waals surface area (Å²) < 4.78 is 6.61. The lowest BCUT2D eigenvalue weighted by Gasteiger charge is -2.32. The summed E-state index contributed by atoms with van der Waals surface area (Å²) in [5, 5.41) is 8.69. The van der Waals surface area contributed by atoms with Crippen LogP contribution < -0.4 is 4.74 Å². The maximum atomic E-state index is 10.6. The summed E-state index contributed by atoms with van der Waals surface area (Å²) >= 11 is 3.34. The van der Waals surface area contributed by atoms with Crippen LogP contribution in [0.3, 0.4) is 0 Å². The van der Waals surface area contributed by atoms with E-state index in [-0.39, 0.29) is 12.0 Å².